The Bertz CT molecular complexity index is 1020. The molecule has 3 atom stereocenters. The van der Waals surface area contributed by atoms with Crippen LogP contribution in [0.3, 0.4) is 0 Å². The lowest BCUT2D eigenvalue weighted by Crippen LogP contribution is -2.45. The predicted molar refractivity (Wildman–Crippen MR) is 128 cm³/mol. The van der Waals surface area contributed by atoms with Gasteiger partial charge in [0.05, 0.1) is 0 Å². The molecule has 180 valence electrons. The molecule has 2 aliphatic carbocycles. The molecular weight excluding hydrogens is 432 g/mol. The quantitative estimate of drug-likeness (QED) is 0.604. The number of alkyl carbamates (subject to hydrolysis) is 1. The zero-order valence-electron chi connectivity index (χ0n) is 19.7. The van der Waals surface area contributed by atoms with Crippen LogP contribution in [0.5, 0.6) is 0 Å². The van der Waals surface area contributed by atoms with Gasteiger partial charge in [-0.3, -0.25) is 9.59 Å². The molecule has 0 aromatic heterocycles. The number of aliphatic carboxylic acids is 1. The van der Waals surface area contributed by atoms with Crippen LogP contribution in [0.1, 0.15) is 56.6 Å². The van der Waals surface area contributed by atoms with Gasteiger partial charge in [0.15, 0.2) is 0 Å². The summed E-state index contributed by atoms with van der Waals surface area (Å²) in [5.74, 6) is -1.45. The van der Waals surface area contributed by atoms with Crippen molar-refractivity contribution < 1.29 is 24.2 Å². The molecule has 2 N–H and O–H groups in total. The molecule has 0 bridgehead atoms. The first-order chi connectivity index (χ1) is 16.4. The molecule has 7 heteroatoms. The molecule has 0 spiro atoms. The van der Waals surface area contributed by atoms with Crippen molar-refractivity contribution in [2.45, 2.75) is 57.5 Å². The minimum atomic E-state index is -1.01. The van der Waals surface area contributed by atoms with Crippen LogP contribution < -0.4 is 5.32 Å². The summed E-state index contributed by atoms with van der Waals surface area (Å²) in [4.78, 5) is 38.2. The Labute approximate surface area is 200 Å². The third kappa shape index (κ3) is 4.93. The van der Waals surface area contributed by atoms with Gasteiger partial charge in [-0.15, -0.1) is 0 Å². The SMILES string of the molecule is CCC(C)N(CC(=O)O)C(=O)[C@H]1CC[C@@H](NC(=O)OCC2c3ccccc3-c3ccccc32)C1. The molecule has 1 fully saturated rings. The number of fused-ring (bicyclic) bond motifs is 3. The molecule has 4 rings (SSSR count). The number of carbonyl (C=O) groups is 3. The molecule has 34 heavy (non-hydrogen) atoms. The summed E-state index contributed by atoms with van der Waals surface area (Å²) < 4.78 is 5.63. The van der Waals surface area contributed by atoms with Gasteiger partial charge in [-0.25, -0.2) is 4.79 Å². The number of carboxylic acid groups (broad SMARTS) is 1. The second-order valence-corrected chi connectivity index (χ2v) is 9.29. The lowest BCUT2D eigenvalue weighted by Gasteiger charge is -2.29. The first-order valence-corrected chi connectivity index (χ1v) is 12.0. The van der Waals surface area contributed by atoms with Gasteiger partial charge in [0, 0.05) is 23.9 Å². The predicted octanol–water partition coefficient (Wildman–Crippen LogP) is 4.41. The number of carbonyl (C=O) groups excluding carboxylic acids is 2. The maximum absolute atomic E-state index is 13.0. The largest absolute Gasteiger partial charge is 0.480 e. The lowest BCUT2D eigenvalue weighted by atomic mass is 9.98. The molecule has 2 aliphatic rings. The van der Waals surface area contributed by atoms with Gasteiger partial charge in [0.25, 0.3) is 0 Å². The highest BCUT2D eigenvalue weighted by Crippen LogP contribution is 2.44. The monoisotopic (exact) mass is 464 g/mol. The zero-order valence-corrected chi connectivity index (χ0v) is 19.7. The second-order valence-electron chi connectivity index (χ2n) is 9.29. The van der Waals surface area contributed by atoms with E-state index in [-0.39, 0.29) is 43.0 Å². The van der Waals surface area contributed by atoms with Crippen molar-refractivity contribution in [2.24, 2.45) is 5.92 Å². The average molecular weight is 465 g/mol. The second kappa shape index (κ2) is 10.3. The smallest absolute Gasteiger partial charge is 0.407 e. The summed E-state index contributed by atoms with van der Waals surface area (Å²) in [6, 6.07) is 16.1. The summed E-state index contributed by atoms with van der Waals surface area (Å²) in [5, 5.41) is 12.1. The first kappa shape index (κ1) is 23.8. The van der Waals surface area contributed by atoms with E-state index in [2.05, 4.69) is 29.6 Å². The molecule has 0 heterocycles. The van der Waals surface area contributed by atoms with E-state index in [0.29, 0.717) is 25.7 Å². The minimum Gasteiger partial charge on any atom is -0.480 e. The number of ether oxygens (including phenoxy) is 1. The summed E-state index contributed by atoms with van der Waals surface area (Å²) >= 11 is 0. The molecule has 1 unspecified atom stereocenters. The number of nitrogens with zero attached hydrogens (tertiary/aromatic N) is 1. The molecule has 0 saturated heterocycles. The van der Waals surface area contributed by atoms with Crippen molar-refractivity contribution in [1.82, 2.24) is 10.2 Å². The molecular formula is C27H32N2O5. The van der Waals surface area contributed by atoms with Crippen molar-refractivity contribution >= 4 is 18.0 Å². The van der Waals surface area contributed by atoms with E-state index < -0.39 is 12.1 Å². The van der Waals surface area contributed by atoms with Gasteiger partial charge in [-0.2, -0.15) is 0 Å². The van der Waals surface area contributed by atoms with Crippen molar-refractivity contribution in [3.8, 4) is 11.1 Å². The topological polar surface area (TPSA) is 95.9 Å². The summed E-state index contributed by atoms with van der Waals surface area (Å²) in [6.45, 7) is 3.75. The van der Waals surface area contributed by atoms with Gasteiger partial charge >= 0.3 is 12.1 Å². The number of amides is 2. The Hall–Kier alpha value is -3.35. The van der Waals surface area contributed by atoms with Crippen LogP contribution >= 0.6 is 0 Å². The summed E-state index contributed by atoms with van der Waals surface area (Å²) in [5.41, 5.74) is 4.67. The number of rotatable bonds is 8. The maximum Gasteiger partial charge on any atom is 0.407 e. The van der Waals surface area contributed by atoms with Gasteiger partial charge in [0.1, 0.15) is 13.2 Å². The fraction of sp³-hybridized carbons (Fsp3) is 0.444. The van der Waals surface area contributed by atoms with Crippen LogP contribution in [0.15, 0.2) is 48.5 Å². The van der Waals surface area contributed by atoms with Crippen molar-refractivity contribution in [1.29, 1.82) is 0 Å². The van der Waals surface area contributed by atoms with Crippen LogP contribution in [-0.4, -0.2) is 53.2 Å². The van der Waals surface area contributed by atoms with E-state index in [1.165, 1.54) is 16.0 Å². The van der Waals surface area contributed by atoms with Gasteiger partial charge in [0.2, 0.25) is 5.91 Å². The molecule has 2 aromatic rings. The molecule has 1 saturated carbocycles. The molecule has 7 nitrogen and oxygen atoms in total. The zero-order chi connectivity index (χ0) is 24.2. The van der Waals surface area contributed by atoms with E-state index in [4.69, 9.17) is 4.74 Å². The molecule has 2 amide bonds. The highest BCUT2D eigenvalue weighted by Gasteiger charge is 2.36. The highest BCUT2D eigenvalue weighted by atomic mass is 16.5. The minimum absolute atomic E-state index is 0.00355. The van der Waals surface area contributed by atoms with Crippen LogP contribution in [0.4, 0.5) is 4.79 Å². The highest BCUT2D eigenvalue weighted by molar-refractivity contribution is 5.84. The molecule has 0 radical (unpaired) electrons. The number of hydrogen-bond donors (Lipinski definition) is 2. The number of hydrogen-bond acceptors (Lipinski definition) is 4. The third-order valence-corrected chi connectivity index (χ3v) is 7.16. The number of carboxylic acids is 1. The lowest BCUT2D eigenvalue weighted by molar-refractivity contribution is -0.148. The Balaban J connectivity index is 1.33. The van der Waals surface area contributed by atoms with Crippen LogP contribution in [0.2, 0.25) is 0 Å². The van der Waals surface area contributed by atoms with Gasteiger partial charge < -0.3 is 20.1 Å². The molecule has 2 aromatic carbocycles. The number of nitrogens with one attached hydrogen (secondary N) is 1. The third-order valence-electron chi connectivity index (χ3n) is 7.16. The fourth-order valence-electron chi connectivity index (χ4n) is 5.20. The van der Waals surface area contributed by atoms with Crippen molar-refractivity contribution in [3.05, 3.63) is 59.7 Å². The Morgan fingerprint density at radius 2 is 1.68 bits per heavy atom. The summed E-state index contributed by atoms with van der Waals surface area (Å²) in [6.07, 6.45) is 1.99. The van der Waals surface area contributed by atoms with Crippen LogP contribution in [0.25, 0.3) is 11.1 Å². The Kier molecular flexibility index (Phi) is 7.20. The van der Waals surface area contributed by atoms with E-state index in [9.17, 15) is 19.5 Å². The van der Waals surface area contributed by atoms with E-state index in [0.717, 1.165) is 11.1 Å². The van der Waals surface area contributed by atoms with Crippen molar-refractivity contribution in [3.63, 3.8) is 0 Å². The summed E-state index contributed by atoms with van der Waals surface area (Å²) in [7, 11) is 0. The van der Waals surface area contributed by atoms with Gasteiger partial charge in [-0.05, 0) is 54.9 Å². The average Bonchev–Trinajstić information content (AvgIpc) is 3.43. The fourth-order valence-corrected chi connectivity index (χ4v) is 5.20. The maximum atomic E-state index is 13.0. The standard InChI is InChI=1S/C27H32N2O5/c1-3-17(2)29(15-25(30)31)26(32)18-12-13-19(14-18)28-27(33)34-16-24-22-10-6-4-8-20(22)21-9-5-7-11-23(21)24/h4-11,17-19,24H,3,12-16H2,1-2H3,(H,28,33)(H,30,31)/t17?,18-,19+/m0/s1. The normalized spacial score (nSPS) is 19.7. The molecule has 0 aliphatic heterocycles. The van der Waals surface area contributed by atoms with E-state index >= 15 is 0 Å². The number of benzene rings is 2. The van der Waals surface area contributed by atoms with Gasteiger partial charge in [-0.1, -0.05) is 55.5 Å². The van der Waals surface area contributed by atoms with Crippen LogP contribution in [0, 0.1) is 5.92 Å². The van der Waals surface area contributed by atoms with Crippen molar-refractivity contribution in [2.75, 3.05) is 13.2 Å². The van der Waals surface area contributed by atoms with E-state index in [1.807, 2.05) is 38.1 Å². The van der Waals surface area contributed by atoms with E-state index in [1.54, 1.807) is 0 Å². The Morgan fingerprint density at radius 3 is 2.26 bits per heavy atom. The first-order valence-electron chi connectivity index (χ1n) is 12.0. The Morgan fingerprint density at radius 1 is 1.06 bits per heavy atom. The van der Waals surface area contributed by atoms with Crippen LogP contribution in [-0.2, 0) is 14.3 Å².